The van der Waals surface area contributed by atoms with Crippen LogP contribution in [0, 0.1) is 0 Å². The maximum Gasteiger partial charge on any atom is 0.271 e. The van der Waals surface area contributed by atoms with Gasteiger partial charge in [-0.05, 0) is 42.8 Å². The summed E-state index contributed by atoms with van der Waals surface area (Å²) in [5, 5.41) is 2.96. The Hall–Kier alpha value is -4.83. The number of para-hydroxylation sites is 1. The van der Waals surface area contributed by atoms with Gasteiger partial charge in [0, 0.05) is 17.8 Å². The fourth-order valence-electron chi connectivity index (χ4n) is 4.76. The molecule has 9 nitrogen and oxygen atoms in total. The molecular formula is C31H29N3O6S. The number of rotatable bonds is 8. The Morgan fingerprint density at radius 2 is 1.59 bits per heavy atom. The molecule has 1 aromatic heterocycles. The van der Waals surface area contributed by atoms with Gasteiger partial charge in [0.05, 0.1) is 55.8 Å². The molecule has 1 atom stereocenters. The molecule has 0 radical (unpaired) electrons. The molecule has 0 bridgehead atoms. The van der Waals surface area contributed by atoms with Crippen molar-refractivity contribution in [3.63, 3.8) is 0 Å². The van der Waals surface area contributed by atoms with Crippen LogP contribution in [0.5, 0.6) is 23.0 Å². The largest absolute Gasteiger partial charge is 0.497 e. The lowest BCUT2D eigenvalue weighted by atomic mass is 9.95. The van der Waals surface area contributed by atoms with E-state index >= 15 is 0 Å². The first-order valence-corrected chi connectivity index (χ1v) is 13.5. The topological polar surface area (TPSA) is 100 Å². The minimum absolute atomic E-state index is 0.306. The Bertz CT molecular complexity index is 1800. The van der Waals surface area contributed by atoms with Gasteiger partial charge in [0.15, 0.2) is 4.80 Å². The molecule has 1 aliphatic heterocycles. The first-order chi connectivity index (χ1) is 19.9. The molecular weight excluding hydrogens is 542 g/mol. The van der Waals surface area contributed by atoms with E-state index in [2.05, 4.69) is 5.32 Å². The average molecular weight is 572 g/mol. The van der Waals surface area contributed by atoms with Crippen molar-refractivity contribution < 1.29 is 23.7 Å². The van der Waals surface area contributed by atoms with Gasteiger partial charge in [-0.3, -0.25) is 14.2 Å². The van der Waals surface area contributed by atoms with Crippen molar-refractivity contribution >= 4 is 29.0 Å². The van der Waals surface area contributed by atoms with E-state index in [9.17, 15) is 9.59 Å². The smallest absolute Gasteiger partial charge is 0.271 e. The Kier molecular flexibility index (Phi) is 7.93. The van der Waals surface area contributed by atoms with Gasteiger partial charge in [0.1, 0.15) is 23.0 Å². The number of hydrogen-bond acceptors (Lipinski definition) is 8. The lowest BCUT2D eigenvalue weighted by molar-refractivity contribution is -0.113. The van der Waals surface area contributed by atoms with Gasteiger partial charge in [0.25, 0.3) is 11.5 Å². The van der Waals surface area contributed by atoms with Gasteiger partial charge in [-0.15, -0.1) is 0 Å². The predicted molar refractivity (Wildman–Crippen MR) is 158 cm³/mol. The number of nitrogens with one attached hydrogen (secondary N) is 1. The van der Waals surface area contributed by atoms with Crippen molar-refractivity contribution in [3.05, 3.63) is 109 Å². The van der Waals surface area contributed by atoms with Crippen LogP contribution in [-0.4, -0.2) is 38.9 Å². The third kappa shape index (κ3) is 5.33. The fourth-order valence-corrected chi connectivity index (χ4v) is 5.79. The molecule has 10 heteroatoms. The Morgan fingerprint density at radius 1 is 0.902 bits per heavy atom. The zero-order valence-corrected chi connectivity index (χ0v) is 24.1. The van der Waals surface area contributed by atoms with Gasteiger partial charge >= 0.3 is 0 Å². The number of carbonyl (C=O) groups is 1. The summed E-state index contributed by atoms with van der Waals surface area (Å²) >= 11 is 1.22. The number of methoxy groups -OCH3 is 4. The van der Waals surface area contributed by atoms with E-state index in [0.717, 1.165) is 0 Å². The number of anilines is 1. The molecule has 41 heavy (non-hydrogen) atoms. The van der Waals surface area contributed by atoms with E-state index in [1.165, 1.54) is 25.6 Å². The van der Waals surface area contributed by atoms with Crippen LogP contribution in [0.4, 0.5) is 5.69 Å². The lowest BCUT2D eigenvalue weighted by Crippen LogP contribution is -2.40. The second-order valence-electron chi connectivity index (χ2n) is 9.12. The summed E-state index contributed by atoms with van der Waals surface area (Å²) in [6.45, 7) is 1.78. The van der Waals surface area contributed by atoms with E-state index in [-0.39, 0.29) is 11.5 Å². The summed E-state index contributed by atoms with van der Waals surface area (Å²) in [7, 11) is 6.20. The number of amides is 1. The van der Waals surface area contributed by atoms with Crippen molar-refractivity contribution in [2.75, 3.05) is 33.8 Å². The molecule has 4 aromatic rings. The Morgan fingerprint density at radius 3 is 2.22 bits per heavy atom. The monoisotopic (exact) mass is 571 g/mol. The number of nitrogens with zero attached hydrogens (tertiary/aromatic N) is 2. The molecule has 0 spiro atoms. The van der Waals surface area contributed by atoms with Crippen LogP contribution in [-0.2, 0) is 4.79 Å². The zero-order chi connectivity index (χ0) is 29.1. The van der Waals surface area contributed by atoms with Crippen molar-refractivity contribution in [1.29, 1.82) is 0 Å². The predicted octanol–water partition coefficient (Wildman–Crippen LogP) is 3.91. The van der Waals surface area contributed by atoms with Crippen molar-refractivity contribution in [1.82, 2.24) is 4.57 Å². The molecule has 5 rings (SSSR count). The third-order valence-corrected chi connectivity index (χ3v) is 7.72. The molecule has 0 saturated heterocycles. The standard InChI is InChI=1S/C31H29N3O6S/c1-18-27(29(35)33-20-11-7-6-8-12-20)28(19-10-9-13-21(14-19)37-2)34-30(36)26(41-31(34)32-18)17-23-24(39-4)15-22(38-3)16-25(23)40-5/h6-17,28H,1-5H3,(H,33,35)/b26-17+/t28-/m1/s1. The van der Waals surface area contributed by atoms with Crippen LogP contribution in [0.15, 0.2) is 87.8 Å². The average Bonchev–Trinajstić information content (AvgIpc) is 3.30. The number of hydrogen-bond donors (Lipinski definition) is 1. The Balaban J connectivity index is 1.72. The number of benzene rings is 3. The molecule has 0 aliphatic carbocycles. The summed E-state index contributed by atoms with van der Waals surface area (Å²) < 4.78 is 24.0. The third-order valence-electron chi connectivity index (χ3n) is 6.74. The minimum atomic E-state index is -0.744. The maximum atomic E-state index is 14.1. The van der Waals surface area contributed by atoms with Crippen LogP contribution in [0.2, 0.25) is 0 Å². The highest BCUT2D eigenvalue weighted by atomic mass is 32.1. The quantitative estimate of drug-likeness (QED) is 0.344. The second kappa shape index (κ2) is 11.7. The van der Waals surface area contributed by atoms with Crippen LogP contribution in [0.3, 0.4) is 0 Å². The van der Waals surface area contributed by atoms with Crippen molar-refractivity contribution in [2.24, 2.45) is 4.99 Å². The highest BCUT2D eigenvalue weighted by Crippen LogP contribution is 2.35. The summed E-state index contributed by atoms with van der Waals surface area (Å²) in [5.41, 5.74) is 2.50. The Labute approximate surface area is 240 Å². The SMILES string of the molecule is COc1cccc([C@@H]2C(C(=O)Nc3ccccc3)=C(C)N=c3s/c(=C/c4c(OC)cc(OC)cc4OC)c(=O)n32)c1. The molecule has 0 saturated carbocycles. The van der Waals surface area contributed by atoms with Gasteiger partial charge in [-0.25, -0.2) is 4.99 Å². The molecule has 0 unspecified atom stereocenters. The number of aromatic nitrogens is 1. The van der Waals surface area contributed by atoms with Gasteiger partial charge in [-0.2, -0.15) is 0 Å². The first kappa shape index (κ1) is 27.7. The molecule has 1 N–H and O–H groups in total. The highest BCUT2D eigenvalue weighted by Gasteiger charge is 2.33. The van der Waals surface area contributed by atoms with Gasteiger partial charge in [-0.1, -0.05) is 41.7 Å². The maximum absolute atomic E-state index is 14.1. The number of thiazole rings is 1. The lowest BCUT2D eigenvalue weighted by Gasteiger charge is -2.25. The van der Waals surface area contributed by atoms with Crippen molar-refractivity contribution in [3.8, 4) is 23.0 Å². The van der Waals surface area contributed by atoms with E-state index in [1.54, 1.807) is 56.1 Å². The number of allylic oxidation sites excluding steroid dienone is 1. The van der Waals surface area contributed by atoms with E-state index in [4.69, 9.17) is 23.9 Å². The van der Waals surface area contributed by atoms with Crippen molar-refractivity contribution in [2.45, 2.75) is 13.0 Å². The normalized spacial score (nSPS) is 14.7. The number of ether oxygens (including phenoxy) is 4. The van der Waals surface area contributed by atoms with E-state index < -0.39 is 6.04 Å². The summed E-state index contributed by atoms with van der Waals surface area (Å²) in [6.07, 6.45) is 1.71. The first-order valence-electron chi connectivity index (χ1n) is 12.7. The van der Waals surface area contributed by atoms with E-state index in [1.807, 2.05) is 42.5 Å². The van der Waals surface area contributed by atoms with Crippen LogP contribution >= 0.6 is 11.3 Å². The van der Waals surface area contributed by atoms with Crippen LogP contribution < -0.4 is 39.2 Å². The summed E-state index contributed by atoms with van der Waals surface area (Å²) in [4.78, 5) is 33.0. The fraction of sp³-hybridized carbons (Fsp3) is 0.194. The molecule has 210 valence electrons. The van der Waals surface area contributed by atoms with E-state index in [0.29, 0.717) is 60.4 Å². The highest BCUT2D eigenvalue weighted by molar-refractivity contribution is 7.07. The zero-order valence-electron chi connectivity index (χ0n) is 23.3. The molecule has 3 aromatic carbocycles. The molecule has 2 heterocycles. The second-order valence-corrected chi connectivity index (χ2v) is 10.1. The van der Waals surface area contributed by atoms with Crippen LogP contribution in [0.1, 0.15) is 24.1 Å². The van der Waals surface area contributed by atoms with Gasteiger partial charge in [0.2, 0.25) is 0 Å². The summed E-state index contributed by atoms with van der Waals surface area (Å²) in [5.74, 6) is 1.78. The van der Waals surface area contributed by atoms with Crippen LogP contribution in [0.25, 0.3) is 6.08 Å². The minimum Gasteiger partial charge on any atom is -0.497 e. The molecule has 1 aliphatic rings. The number of fused-ring (bicyclic) bond motifs is 1. The molecule has 1 amide bonds. The van der Waals surface area contributed by atoms with Gasteiger partial charge < -0.3 is 24.3 Å². The summed E-state index contributed by atoms with van der Waals surface area (Å²) in [6, 6.07) is 19.2. The number of carbonyl (C=O) groups excluding carboxylic acids is 1. The molecule has 0 fully saturated rings.